The fourth-order valence-electron chi connectivity index (χ4n) is 4.33. The molecule has 0 aliphatic carbocycles. The topological polar surface area (TPSA) is 110 Å². The molecule has 13 heteroatoms. The van der Waals surface area contributed by atoms with E-state index in [-0.39, 0.29) is 29.2 Å². The minimum absolute atomic E-state index is 0.145. The van der Waals surface area contributed by atoms with E-state index in [1.54, 1.807) is 24.0 Å². The van der Waals surface area contributed by atoms with Gasteiger partial charge in [-0.3, -0.25) is 4.79 Å². The lowest BCUT2D eigenvalue weighted by Gasteiger charge is -2.12. The van der Waals surface area contributed by atoms with Crippen molar-refractivity contribution in [3.8, 4) is 11.4 Å². The van der Waals surface area contributed by atoms with Crippen molar-refractivity contribution < 1.29 is 22.7 Å². The molecule has 1 aliphatic heterocycles. The molecule has 4 aromatic rings. The predicted molar refractivity (Wildman–Crippen MR) is 166 cm³/mol. The Labute approximate surface area is 256 Å². The van der Waals surface area contributed by atoms with Crippen LogP contribution in [0.25, 0.3) is 5.69 Å². The van der Waals surface area contributed by atoms with Crippen LogP contribution in [0.3, 0.4) is 0 Å². The molecule has 226 valence electrons. The monoisotopic (exact) mass is 619 g/mol. The molecule has 0 spiro atoms. The smallest absolute Gasteiger partial charge is 0.406 e. The minimum atomic E-state index is -4.77. The lowest BCUT2D eigenvalue weighted by Crippen LogP contribution is -2.23. The lowest BCUT2D eigenvalue weighted by molar-refractivity contribution is -0.274. The molecule has 1 aromatic heterocycles. The van der Waals surface area contributed by atoms with Crippen LogP contribution in [0.4, 0.5) is 24.5 Å². The van der Waals surface area contributed by atoms with Crippen molar-refractivity contribution in [2.75, 3.05) is 5.75 Å². The molecule has 0 radical (unpaired) electrons. The number of ether oxygens (including phenoxy) is 1. The highest BCUT2D eigenvalue weighted by Gasteiger charge is 2.31. The predicted octanol–water partition coefficient (Wildman–Crippen LogP) is 6.84. The van der Waals surface area contributed by atoms with Crippen LogP contribution in [0, 0.1) is 6.92 Å². The van der Waals surface area contributed by atoms with E-state index in [2.05, 4.69) is 33.8 Å². The number of hydrogen-bond acceptors (Lipinski definition) is 7. The largest absolute Gasteiger partial charge is 0.573 e. The van der Waals surface area contributed by atoms with Gasteiger partial charge in [-0.15, -0.1) is 13.2 Å². The molecule has 1 fully saturated rings. The Morgan fingerprint density at radius 1 is 1.07 bits per heavy atom. The molecule has 1 aliphatic rings. The molecule has 2 N–H and O–H groups in total. The maximum Gasteiger partial charge on any atom is 0.573 e. The van der Waals surface area contributed by atoms with Crippen molar-refractivity contribution in [1.82, 2.24) is 14.8 Å². The zero-order chi connectivity index (χ0) is 31.4. The van der Waals surface area contributed by atoms with Gasteiger partial charge < -0.3 is 10.5 Å². The number of carbonyl (C=O) groups excluding carboxylic acids is 1. The summed E-state index contributed by atoms with van der Waals surface area (Å²) in [6.45, 7) is 5.98. The summed E-state index contributed by atoms with van der Waals surface area (Å²) in [5, 5.41) is 10.8. The minimum Gasteiger partial charge on any atom is -0.406 e. The summed E-state index contributed by atoms with van der Waals surface area (Å²) in [5.41, 5.74) is 11.2. The third-order valence-corrected chi connectivity index (χ3v) is 7.41. The van der Waals surface area contributed by atoms with Gasteiger partial charge in [0.25, 0.3) is 5.91 Å². The van der Waals surface area contributed by atoms with Crippen LogP contribution >= 0.6 is 11.8 Å². The molecule has 0 unspecified atom stereocenters. The highest BCUT2D eigenvalue weighted by molar-refractivity contribution is 8.15. The Balaban J connectivity index is 1.29. The van der Waals surface area contributed by atoms with E-state index in [4.69, 9.17) is 10.7 Å². The number of rotatable bonds is 8. The van der Waals surface area contributed by atoms with Gasteiger partial charge in [-0.1, -0.05) is 55.9 Å². The van der Waals surface area contributed by atoms with Gasteiger partial charge in [-0.25, -0.2) is 14.7 Å². The van der Waals surface area contributed by atoms with Crippen molar-refractivity contribution >= 4 is 46.3 Å². The number of hydrogen-bond donors (Lipinski definition) is 1. The quantitative estimate of drug-likeness (QED) is 0.172. The molecule has 5 rings (SSSR count). The number of benzene rings is 3. The van der Waals surface area contributed by atoms with Crippen molar-refractivity contribution in [2.45, 2.75) is 33.1 Å². The van der Waals surface area contributed by atoms with E-state index in [0.29, 0.717) is 22.1 Å². The van der Waals surface area contributed by atoms with E-state index < -0.39 is 6.36 Å². The fourth-order valence-corrected chi connectivity index (χ4v) is 5.14. The third-order valence-electron chi connectivity index (χ3n) is 6.49. The highest BCUT2D eigenvalue weighted by atomic mass is 32.2. The van der Waals surface area contributed by atoms with E-state index in [1.165, 1.54) is 41.0 Å². The maximum absolute atomic E-state index is 12.6. The summed E-state index contributed by atoms with van der Waals surface area (Å²) in [4.78, 5) is 21.6. The van der Waals surface area contributed by atoms with Gasteiger partial charge in [0.05, 0.1) is 40.3 Å². The first kappa shape index (κ1) is 30.5. The molecular formula is C31H28F3N7O2S. The molecule has 2 heterocycles. The van der Waals surface area contributed by atoms with Crippen LogP contribution in [0.5, 0.6) is 5.75 Å². The average Bonchev–Trinajstić information content (AvgIpc) is 3.54. The van der Waals surface area contributed by atoms with Crippen molar-refractivity contribution in [1.29, 1.82) is 0 Å². The molecule has 9 nitrogen and oxygen atoms in total. The zero-order valence-electron chi connectivity index (χ0n) is 24.0. The van der Waals surface area contributed by atoms with Crippen LogP contribution < -0.4 is 10.5 Å². The first-order chi connectivity index (χ1) is 21.0. The van der Waals surface area contributed by atoms with Gasteiger partial charge in [0.1, 0.15) is 11.6 Å². The van der Waals surface area contributed by atoms with Crippen molar-refractivity contribution in [3.63, 3.8) is 0 Å². The second-order valence-corrected chi connectivity index (χ2v) is 11.0. The average molecular weight is 620 g/mol. The first-order valence-electron chi connectivity index (χ1n) is 13.5. The molecule has 0 saturated carbocycles. The van der Waals surface area contributed by atoms with Gasteiger partial charge in [-0.2, -0.15) is 15.2 Å². The second kappa shape index (κ2) is 12.8. The number of aromatic nitrogens is 2. The van der Waals surface area contributed by atoms with Gasteiger partial charge in [-0.05, 0) is 66.4 Å². The number of carbonyl (C=O) groups is 1. The summed E-state index contributed by atoms with van der Waals surface area (Å²) in [5.74, 6) is 0.217. The second-order valence-electron chi connectivity index (χ2n) is 10.0. The molecule has 0 bridgehead atoms. The Kier molecular flexibility index (Phi) is 8.86. The Morgan fingerprint density at radius 2 is 1.77 bits per heavy atom. The van der Waals surface area contributed by atoms with Crippen LogP contribution in [-0.4, -0.2) is 50.0 Å². The number of thioether (sulfide) groups is 1. The van der Waals surface area contributed by atoms with Crippen LogP contribution in [0.1, 0.15) is 42.1 Å². The molecular weight excluding hydrogens is 591 g/mol. The van der Waals surface area contributed by atoms with Gasteiger partial charge in [0.2, 0.25) is 0 Å². The van der Waals surface area contributed by atoms with Crippen LogP contribution in [-0.2, 0) is 4.79 Å². The van der Waals surface area contributed by atoms with Gasteiger partial charge in [0, 0.05) is 6.20 Å². The summed E-state index contributed by atoms with van der Waals surface area (Å²) in [6, 6.07) is 20.3. The number of aliphatic imine (C=N–C) groups is 2. The van der Waals surface area contributed by atoms with Crippen molar-refractivity contribution in [3.05, 3.63) is 101 Å². The standard InChI is InChI=1S/C31H28F3N7O2S/c1-19(2)25-6-4-5-7-27(25)38-30-41(28(42)18-44-30)36-16-21-8-12-23(13-9-21)40-17-26(20(3)39-40)29(35)37-22-10-14-24(15-11-22)43-31(32,33)34/h4-17,19H,18H2,1-3H3,(H2,35,37). The van der Waals surface area contributed by atoms with Crippen LogP contribution in [0.15, 0.2) is 94.1 Å². The number of para-hydroxylation sites is 1. The number of amides is 1. The highest BCUT2D eigenvalue weighted by Crippen LogP contribution is 2.30. The number of halogens is 3. The summed E-state index contributed by atoms with van der Waals surface area (Å²) < 4.78 is 42.7. The Bertz CT molecular complexity index is 1750. The fraction of sp³-hybridized carbons (Fsp3) is 0.194. The number of amidine groups is 2. The third kappa shape index (κ3) is 7.35. The van der Waals surface area contributed by atoms with Crippen LogP contribution in [0.2, 0.25) is 0 Å². The summed E-state index contributed by atoms with van der Waals surface area (Å²) in [6.07, 6.45) is -1.45. The van der Waals surface area contributed by atoms with Crippen molar-refractivity contribution in [2.24, 2.45) is 20.8 Å². The number of hydrazone groups is 1. The molecule has 44 heavy (non-hydrogen) atoms. The Hall–Kier alpha value is -4.91. The molecule has 1 saturated heterocycles. The molecule has 3 aromatic carbocycles. The summed E-state index contributed by atoms with van der Waals surface area (Å²) in [7, 11) is 0. The van der Waals surface area contributed by atoms with E-state index in [1.807, 2.05) is 48.5 Å². The lowest BCUT2D eigenvalue weighted by atomic mass is 10.0. The number of nitrogens with two attached hydrogens (primary N) is 1. The normalized spacial score (nSPS) is 15.2. The number of alkyl halides is 3. The first-order valence-corrected chi connectivity index (χ1v) is 14.5. The van der Waals surface area contributed by atoms with Gasteiger partial charge >= 0.3 is 6.36 Å². The van der Waals surface area contributed by atoms with E-state index >= 15 is 0 Å². The SMILES string of the molecule is Cc1nn(-c2ccc(C=NN3C(=O)CSC3=Nc3ccccc3C(C)C)cc2)cc1C(N)=Nc1ccc(OC(F)(F)F)cc1. The number of nitrogens with zero attached hydrogens (tertiary/aromatic N) is 6. The molecule has 1 amide bonds. The van der Waals surface area contributed by atoms with E-state index in [9.17, 15) is 18.0 Å². The maximum atomic E-state index is 12.6. The van der Waals surface area contributed by atoms with Gasteiger partial charge in [0.15, 0.2) is 5.17 Å². The van der Waals surface area contributed by atoms with E-state index in [0.717, 1.165) is 22.5 Å². The molecule has 0 atom stereocenters. The Morgan fingerprint density at radius 3 is 2.45 bits per heavy atom. The number of aryl methyl sites for hydroxylation is 1. The zero-order valence-corrected chi connectivity index (χ0v) is 24.8. The summed E-state index contributed by atoms with van der Waals surface area (Å²) >= 11 is 1.35.